The highest BCUT2D eigenvalue weighted by Gasteiger charge is 2.32. The van der Waals surface area contributed by atoms with Gasteiger partial charge in [-0.3, -0.25) is 0 Å². The maximum absolute atomic E-state index is 14.5. The van der Waals surface area contributed by atoms with E-state index >= 15 is 0 Å². The number of hydrogen-bond donors (Lipinski definition) is 2. The first-order valence-corrected chi connectivity index (χ1v) is 10.8. The van der Waals surface area contributed by atoms with Crippen molar-refractivity contribution in [3.05, 3.63) is 59.1 Å². The van der Waals surface area contributed by atoms with Crippen molar-refractivity contribution in [1.29, 1.82) is 0 Å². The van der Waals surface area contributed by atoms with Gasteiger partial charge in [-0.15, -0.1) is 5.10 Å². The van der Waals surface area contributed by atoms with Gasteiger partial charge in [-0.25, -0.2) is 23.4 Å². The predicted octanol–water partition coefficient (Wildman–Crippen LogP) is 3.54. The number of nitrogens with one attached hydrogen (secondary N) is 2. The minimum atomic E-state index is -3.05. The Hall–Kier alpha value is -3.20. The van der Waals surface area contributed by atoms with E-state index in [9.17, 15) is 8.78 Å². The van der Waals surface area contributed by atoms with Crippen LogP contribution in [0.4, 0.5) is 14.7 Å². The van der Waals surface area contributed by atoms with Crippen LogP contribution in [0.3, 0.4) is 0 Å². The molecule has 5 rings (SSSR count). The van der Waals surface area contributed by atoms with E-state index in [1.807, 2.05) is 25.3 Å². The largest absolute Gasteiger partial charge is 0.350 e. The molecule has 32 heavy (non-hydrogen) atoms. The molecule has 3 heterocycles. The Balaban J connectivity index is 1.51. The third-order valence-electron chi connectivity index (χ3n) is 6.08. The van der Waals surface area contributed by atoms with Gasteiger partial charge in [0.25, 0.3) is 5.92 Å². The maximum atomic E-state index is 14.5. The van der Waals surface area contributed by atoms with Gasteiger partial charge >= 0.3 is 0 Å². The summed E-state index contributed by atoms with van der Waals surface area (Å²) in [6, 6.07) is 6.18. The second-order valence-electron chi connectivity index (χ2n) is 8.47. The van der Waals surface area contributed by atoms with E-state index in [0.717, 1.165) is 60.8 Å². The van der Waals surface area contributed by atoms with Gasteiger partial charge in [-0.1, -0.05) is 23.4 Å². The van der Waals surface area contributed by atoms with Gasteiger partial charge in [0.1, 0.15) is 0 Å². The number of piperidine rings is 1. The maximum Gasteiger partial charge on any atom is 0.274 e. The zero-order valence-corrected chi connectivity index (χ0v) is 18.1. The van der Waals surface area contributed by atoms with Crippen molar-refractivity contribution >= 4 is 11.5 Å². The minimum absolute atomic E-state index is 0.163. The summed E-state index contributed by atoms with van der Waals surface area (Å²) in [4.78, 5) is 8.79. The first kappa shape index (κ1) is 20.7. The summed E-state index contributed by atoms with van der Waals surface area (Å²) >= 11 is 0. The molecular formula is C23H25F2N7. The van der Waals surface area contributed by atoms with Crippen molar-refractivity contribution in [3.63, 3.8) is 0 Å². The molecule has 1 aliphatic heterocycles. The zero-order valence-electron chi connectivity index (χ0n) is 18.1. The van der Waals surface area contributed by atoms with E-state index in [-0.39, 0.29) is 17.3 Å². The average molecular weight is 437 g/mol. The number of hydrogen-bond acceptors (Lipinski definition) is 6. The van der Waals surface area contributed by atoms with Gasteiger partial charge in [0.05, 0.1) is 23.1 Å². The fourth-order valence-corrected chi connectivity index (χ4v) is 4.42. The van der Waals surface area contributed by atoms with Crippen LogP contribution in [0.1, 0.15) is 42.1 Å². The third-order valence-corrected chi connectivity index (χ3v) is 6.08. The van der Waals surface area contributed by atoms with Gasteiger partial charge in [0.15, 0.2) is 0 Å². The Morgan fingerprint density at radius 1 is 1.25 bits per heavy atom. The van der Waals surface area contributed by atoms with Crippen molar-refractivity contribution in [2.24, 2.45) is 7.05 Å². The standard InChI is InChI=1S/C23H25F2N7/c1-23(24,25)19-12-27-22(29-16-4-3-9-26-11-16)30-21(19)18-8-5-14-10-15(6-7-17(14)18)20-13-28-31-32(20)2/h6-8,10,12-13,16,26H,3-5,9,11H2,1-2H3,(H,27,29,30)/t16-/m0/s1. The van der Waals surface area contributed by atoms with Crippen LogP contribution >= 0.6 is 0 Å². The Morgan fingerprint density at radius 2 is 2.12 bits per heavy atom. The molecule has 1 atom stereocenters. The van der Waals surface area contributed by atoms with E-state index < -0.39 is 5.92 Å². The summed E-state index contributed by atoms with van der Waals surface area (Å²) in [6.07, 6.45) is 7.65. The smallest absolute Gasteiger partial charge is 0.274 e. The molecule has 1 aromatic carbocycles. The number of nitrogens with zero attached hydrogens (tertiary/aromatic N) is 5. The monoisotopic (exact) mass is 437 g/mol. The van der Waals surface area contributed by atoms with Crippen molar-refractivity contribution in [2.75, 3.05) is 18.4 Å². The quantitative estimate of drug-likeness (QED) is 0.636. The van der Waals surface area contributed by atoms with E-state index in [0.29, 0.717) is 12.4 Å². The molecular weight excluding hydrogens is 412 g/mol. The third kappa shape index (κ3) is 3.88. The highest BCUT2D eigenvalue weighted by atomic mass is 19.3. The van der Waals surface area contributed by atoms with Gasteiger partial charge in [0.2, 0.25) is 5.95 Å². The molecule has 166 valence electrons. The molecule has 2 aromatic heterocycles. The number of fused-ring (bicyclic) bond motifs is 1. The van der Waals surface area contributed by atoms with Crippen molar-refractivity contribution < 1.29 is 8.78 Å². The molecule has 0 spiro atoms. The summed E-state index contributed by atoms with van der Waals surface area (Å²) in [5, 5.41) is 14.6. The molecule has 0 amide bonds. The van der Waals surface area contributed by atoms with E-state index in [1.54, 1.807) is 10.9 Å². The van der Waals surface area contributed by atoms with Gasteiger partial charge < -0.3 is 10.6 Å². The average Bonchev–Trinajstić information content (AvgIpc) is 3.39. The molecule has 9 heteroatoms. The number of allylic oxidation sites excluding steroid dienone is 1. The number of rotatable bonds is 5. The molecule has 0 radical (unpaired) electrons. The molecule has 1 fully saturated rings. The van der Waals surface area contributed by atoms with Crippen LogP contribution in [0.25, 0.3) is 16.8 Å². The number of aromatic nitrogens is 5. The van der Waals surface area contributed by atoms with Gasteiger partial charge in [-0.2, -0.15) is 0 Å². The van der Waals surface area contributed by atoms with Crippen LogP contribution in [-0.4, -0.2) is 44.1 Å². The molecule has 1 aliphatic carbocycles. The number of aryl methyl sites for hydroxylation is 1. The van der Waals surface area contributed by atoms with Crippen molar-refractivity contribution in [3.8, 4) is 11.3 Å². The van der Waals surface area contributed by atoms with Crippen LogP contribution in [0.5, 0.6) is 0 Å². The Labute approximate surface area is 185 Å². The van der Waals surface area contributed by atoms with Crippen LogP contribution in [0.2, 0.25) is 0 Å². The molecule has 0 bridgehead atoms. The van der Waals surface area contributed by atoms with Gasteiger partial charge in [0, 0.05) is 43.9 Å². The molecule has 0 unspecified atom stereocenters. The minimum Gasteiger partial charge on any atom is -0.350 e. The summed E-state index contributed by atoms with van der Waals surface area (Å²) in [5.41, 5.74) is 4.71. The Kier molecular flexibility index (Phi) is 5.21. The first-order valence-electron chi connectivity index (χ1n) is 10.8. The topological polar surface area (TPSA) is 80.5 Å². The fourth-order valence-electron chi connectivity index (χ4n) is 4.42. The number of alkyl halides is 2. The van der Waals surface area contributed by atoms with Crippen LogP contribution in [-0.2, 0) is 19.4 Å². The molecule has 1 saturated heterocycles. The lowest BCUT2D eigenvalue weighted by molar-refractivity contribution is 0.0165. The van der Waals surface area contributed by atoms with Crippen LogP contribution < -0.4 is 10.6 Å². The SMILES string of the molecule is Cn1nncc1-c1ccc2c(c1)CC=C2c1nc(N[C@H]2CCCNC2)ncc1C(C)(F)F. The molecule has 2 N–H and O–H groups in total. The summed E-state index contributed by atoms with van der Waals surface area (Å²) < 4.78 is 30.7. The molecule has 2 aliphatic rings. The van der Waals surface area contributed by atoms with Crippen molar-refractivity contribution in [1.82, 2.24) is 30.3 Å². The summed E-state index contributed by atoms with van der Waals surface area (Å²) in [7, 11) is 1.84. The lowest BCUT2D eigenvalue weighted by Crippen LogP contribution is -2.38. The molecule has 7 nitrogen and oxygen atoms in total. The Morgan fingerprint density at radius 3 is 2.84 bits per heavy atom. The van der Waals surface area contributed by atoms with E-state index in [2.05, 4.69) is 37.0 Å². The van der Waals surface area contributed by atoms with Crippen LogP contribution in [0.15, 0.2) is 36.7 Å². The summed E-state index contributed by atoms with van der Waals surface area (Å²) in [5.74, 6) is -2.67. The molecule has 0 saturated carbocycles. The Bertz CT molecular complexity index is 1170. The molecule has 3 aromatic rings. The predicted molar refractivity (Wildman–Crippen MR) is 118 cm³/mol. The highest BCUT2D eigenvalue weighted by molar-refractivity contribution is 5.86. The summed E-state index contributed by atoms with van der Waals surface area (Å²) in [6.45, 7) is 2.69. The lowest BCUT2D eigenvalue weighted by atomic mass is 9.96. The number of halogens is 2. The number of anilines is 1. The van der Waals surface area contributed by atoms with Crippen LogP contribution in [0, 0.1) is 0 Å². The van der Waals surface area contributed by atoms with Gasteiger partial charge in [-0.05, 0) is 43.0 Å². The zero-order chi connectivity index (χ0) is 22.3. The lowest BCUT2D eigenvalue weighted by Gasteiger charge is -2.24. The van der Waals surface area contributed by atoms with E-state index in [1.165, 1.54) is 6.20 Å². The highest BCUT2D eigenvalue weighted by Crippen LogP contribution is 2.39. The van der Waals surface area contributed by atoms with E-state index in [4.69, 9.17) is 0 Å². The van der Waals surface area contributed by atoms with Crippen molar-refractivity contribution in [2.45, 2.75) is 38.2 Å². The second kappa shape index (κ2) is 8.05. The second-order valence-corrected chi connectivity index (χ2v) is 8.47. The number of benzene rings is 1. The fraction of sp³-hybridized carbons (Fsp3) is 0.391. The normalized spacial score (nSPS) is 18.4. The first-order chi connectivity index (χ1) is 15.4.